The molecule has 9 aromatic carbocycles. The van der Waals surface area contributed by atoms with E-state index in [2.05, 4.69) is 176 Å². The summed E-state index contributed by atoms with van der Waals surface area (Å²) in [4.78, 5) is 16.5. The highest BCUT2D eigenvalue weighted by Crippen LogP contribution is 2.48. The average Bonchev–Trinajstić information content (AvgIpc) is 4.01. The number of furan rings is 1. The molecule has 0 fully saturated rings. The molecule has 4 nitrogen and oxygen atoms in total. The minimum Gasteiger partial charge on any atom is -0.456 e. The molecule has 64 heavy (non-hydrogen) atoms. The van der Waals surface area contributed by atoms with Gasteiger partial charge in [0.2, 0.25) is 0 Å². The van der Waals surface area contributed by atoms with Crippen LogP contribution in [0.15, 0.2) is 186 Å². The van der Waals surface area contributed by atoms with E-state index in [0.717, 1.165) is 51.5 Å². The fourth-order valence-electron chi connectivity index (χ4n) is 10.4. The maximum absolute atomic E-state index is 6.66. The molecule has 0 amide bonds. The largest absolute Gasteiger partial charge is 0.456 e. The molecule has 4 aromatic heterocycles. The molecule has 300 valence electrons. The van der Waals surface area contributed by atoms with Crippen molar-refractivity contribution in [1.29, 1.82) is 0 Å². The Morgan fingerprint density at radius 2 is 1.00 bits per heavy atom. The Labute approximate surface area is 375 Å². The lowest BCUT2D eigenvalue weighted by molar-refractivity contribution is 0.668. The molecule has 1 aliphatic carbocycles. The maximum atomic E-state index is 6.66. The van der Waals surface area contributed by atoms with Gasteiger partial charge in [0.25, 0.3) is 0 Å². The van der Waals surface area contributed by atoms with Gasteiger partial charge in [-0.15, -0.1) is 22.7 Å². The fraction of sp³-hybridized carbons (Fsp3) is 0.0517. The summed E-state index contributed by atoms with van der Waals surface area (Å²) in [6, 6.07) is 66.0. The monoisotopic (exact) mass is 853 g/mol. The van der Waals surface area contributed by atoms with Gasteiger partial charge in [-0.2, -0.15) is 0 Å². The van der Waals surface area contributed by atoms with Gasteiger partial charge in [-0.1, -0.05) is 140 Å². The van der Waals surface area contributed by atoms with Gasteiger partial charge in [0.15, 0.2) is 17.5 Å². The van der Waals surface area contributed by atoms with Crippen LogP contribution in [0.5, 0.6) is 0 Å². The van der Waals surface area contributed by atoms with E-state index in [-0.39, 0.29) is 5.92 Å². The zero-order chi connectivity index (χ0) is 41.9. The Morgan fingerprint density at radius 1 is 0.422 bits per heavy atom. The number of nitrogens with zero attached hydrogens (tertiary/aromatic N) is 3. The highest BCUT2D eigenvalue weighted by atomic mass is 32.1. The van der Waals surface area contributed by atoms with E-state index in [9.17, 15) is 0 Å². The molecule has 0 N–H and O–H groups in total. The maximum Gasteiger partial charge on any atom is 0.165 e. The lowest BCUT2D eigenvalue weighted by Gasteiger charge is -2.22. The van der Waals surface area contributed by atoms with E-state index in [1.165, 1.54) is 78.9 Å². The number of para-hydroxylation sites is 1. The minimum atomic E-state index is 0.0493. The third-order valence-electron chi connectivity index (χ3n) is 13.4. The number of rotatable bonds is 4. The summed E-state index contributed by atoms with van der Waals surface area (Å²) in [6.45, 7) is 0. The van der Waals surface area contributed by atoms with Crippen molar-refractivity contribution in [3.8, 4) is 45.3 Å². The zero-order valence-corrected chi connectivity index (χ0v) is 36.0. The van der Waals surface area contributed by atoms with Crippen LogP contribution in [-0.4, -0.2) is 15.0 Å². The van der Waals surface area contributed by atoms with Crippen LogP contribution in [0.1, 0.15) is 29.0 Å². The number of hydrogen-bond donors (Lipinski definition) is 0. The predicted molar refractivity (Wildman–Crippen MR) is 269 cm³/mol. The molecular weight excluding hydrogens is 819 g/mol. The lowest BCUT2D eigenvalue weighted by Crippen LogP contribution is -2.07. The molecule has 0 radical (unpaired) electrons. The van der Waals surface area contributed by atoms with Crippen molar-refractivity contribution in [1.82, 2.24) is 15.0 Å². The van der Waals surface area contributed by atoms with Gasteiger partial charge >= 0.3 is 0 Å². The average molecular weight is 854 g/mol. The summed E-state index contributed by atoms with van der Waals surface area (Å²) >= 11 is 3.62. The lowest BCUT2D eigenvalue weighted by atomic mass is 9.82. The molecule has 0 spiro atoms. The van der Waals surface area contributed by atoms with Crippen LogP contribution in [0.3, 0.4) is 0 Å². The minimum absolute atomic E-state index is 0.0493. The standard InChI is InChI=1S/C58H35N3OS2/c1-2-12-34-30-47-35(29-33(34)11-1)21-24-40(38-13-3-4-14-39(38)47)45-27-28-49-54(46-17-5-8-18-48(46)62-49)55(45)58-60-56(36-22-25-43-41-15-6-9-19-50(41)63-52(43)31-36)59-57(61-58)37-23-26-44-42-16-7-10-20-51(42)64-53(44)32-37/h1-20,22-23,25-32,40H,21,24H2. The van der Waals surface area contributed by atoms with Gasteiger partial charge in [0.1, 0.15) is 11.2 Å². The summed E-state index contributed by atoms with van der Waals surface area (Å²) in [6.07, 6.45) is 1.86. The van der Waals surface area contributed by atoms with Crippen molar-refractivity contribution in [3.05, 3.63) is 199 Å². The Morgan fingerprint density at radius 3 is 1.72 bits per heavy atom. The molecule has 1 aliphatic rings. The Bertz CT molecular complexity index is 3930. The molecule has 0 aliphatic heterocycles. The highest BCUT2D eigenvalue weighted by Gasteiger charge is 2.30. The molecule has 14 rings (SSSR count). The molecule has 6 heteroatoms. The van der Waals surface area contributed by atoms with Crippen LogP contribution < -0.4 is 0 Å². The number of aromatic nitrogens is 3. The van der Waals surface area contributed by atoms with E-state index in [1.54, 1.807) is 0 Å². The van der Waals surface area contributed by atoms with Gasteiger partial charge in [-0.05, 0) is 93.9 Å². The quantitative estimate of drug-likeness (QED) is 0.177. The summed E-state index contributed by atoms with van der Waals surface area (Å²) in [5.74, 6) is 1.98. The first-order valence-electron chi connectivity index (χ1n) is 21.8. The van der Waals surface area contributed by atoms with Crippen molar-refractivity contribution in [2.75, 3.05) is 0 Å². The zero-order valence-electron chi connectivity index (χ0n) is 34.4. The van der Waals surface area contributed by atoms with Crippen LogP contribution in [0.25, 0.3) is 118 Å². The van der Waals surface area contributed by atoms with Crippen LogP contribution in [0.4, 0.5) is 0 Å². The van der Waals surface area contributed by atoms with E-state index < -0.39 is 0 Å². The molecular formula is C58H35N3OS2. The van der Waals surface area contributed by atoms with Crippen LogP contribution >= 0.6 is 22.7 Å². The first-order chi connectivity index (χ1) is 31.7. The fourth-order valence-corrected chi connectivity index (χ4v) is 12.7. The molecule has 0 bridgehead atoms. The normalized spacial score (nSPS) is 14.0. The first-order valence-corrected chi connectivity index (χ1v) is 23.5. The number of thiophene rings is 2. The number of benzene rings is 9. The third kappa shape index (κ3) is 5.56. The molecule has 0 saturated carbocycles. The first kappa shape index (κ1) is 36.0. The second-order valence-electron chi connectivity index (χ2n) is 17.0. The molecule has 4 heterocycles. The Balaban J connectivity index is 1.04. The second kappa shape index (κ2) is 14.0. The number of fused-ring (bicyclic) bond motifs is 13. The summed E-state index contributed by atoms with van der Waals surface area (Å²) in [5, 5.41) is 9.63. The topological polar surface area (TPSA) is 51.8 Å². The van der Waals surface area contributed by atoms with Gasteiger partial charge < -0.3 is 4.42 Å². The van der Waals surface area contributed by atoms with Crippen LogP contribution in [-0.2, 0) is 6.42 Å². The SMILES string of the molecule is c1ccc2c(c1)-c1cc3ccccc3cc1CCC2c1ccc2oc3ccccc3c2c1-c1nc(-c2ccc3c(c2)sc2ccccc23)nc(-c2ccc3c(c2)sc2ccccc23)n1. The van der Waals surface area contributed by atoms with Gasteiger partial charge in [0.05, 0.1) is 0 Å². The smallest absolute Gasteiger partial charge is 0.165 e. The molecule has 1 atom stereocenters. The van der Waals surface area contributed by atoms with Crippen LogP contribution in [0.2, 0.25) is 0 Å². The van der Waals surface area contributed by atoms with E-state index in [0.29, 0.717) is 17.5 Å². The van der Waals surface area contributed by atoms with Crippen molar-refractivity contribution in [2.45, 2.75) is 18.8 Å². The molecule has 13 aromatic rings. The van der Waals surface area contributed by atoms with E-state index >= 15 is 0 Å². The summed E-state index contributed by atoms with van der Waals surface area (Å²) in [7, 11) is 0. The Hall–Kier alpha value is -7.51. The van der Waals surface area contributed by atoms with Crippen molar-refractivity contribution in [3.63, 3.8) is 0 Å². The molecule has 1 unspecified atom stereocenters. The van der Waals surface area contributed by atoms with Crippen molar-refractivity contribution < 1.29 is 4.42 Å². The van der Waals surface area contributed by atoms with E-state index in [4.69, 9.17) is 19.4 Å². The van der Waals surface area contributed by atoms with Crippen LogP contribution in [0, 0.1) is 0 Å². The second-order valence-corrected chi connectivity index (χ2v) is 19.1. The van der Waals surface area contributed by atoms with Crippen molar-refractivity contribution >= 4 is 95.7 Å². The summed E-state index contributed by atoms with van der Waals surface area (Å²) in [5.41, 5.74) is 11.0. The number of hydrogen-bond acceptors (Lipinski definition) is 6. The van der Waals surface area contributed by atoms with Crippen molar-refractivity contribution in [2.24, 2.45) is 0 Å². The predicted octanol–water partition coefficient (Wildman–Crippen LogP) is 16.4. The van der Waals surface area contributed by atoms with E-state index in [1.807, 2.05) is 28.7 Å². The Kier molecular flexibility index (Phi) is 7.88. The van der Waals surface area contributed by atoms with Gasteiger partial charge in [-0.25, -0.2) is 15.0 Å². The summed E-state index contributed by atoms with van der Waals surface area (Å²) < 4.78 is 11.6. The highest BCUT2D eigenvalue weighted by molar-refractivity contribution is 7.26. The van der Waals surface area contributed by atoms with Gasteiger partial charge in [0, 0.05) is 73.7 Å². The third-order valence-corrected chi connectivity index (χ3v) is 15.7. The molecule has 0 saturated heterocycles. The number of aryl methyl sites for hydroxylation is 1. The van der Waals surface area contributed by atoms with Gasteiger partial charge in [-0.3, -0.25) is 0 Å².